The van der Waals surface area contributed by atoms with Crippen LogP contribution in [0.2, 0.25) is 0 Å². The maximum absolute atomic E-state index is 9.00. The van der Waals surface area contributed by atoms with Crippen LogP contribution in [0.15, 0.2) is 0 Å². The first-order valence-electron chi connectivity index (χ1n) is 1.56. The Morgan fingerprint density at radius 2 is 1.30 bits per heavy atom. The minimum atomic E-state index is -4.64. The number of carbonyl (C=O) groups is 1. The van der Waals surface area contributed by atoms with Crippen molar-refractivity contribution < 1.29 is 26.9 Å². The van der Waals surface area contributed by atoms with Gasteiger partial charge >= 0.3 is 36.9 Å². The van der Waals surface area contributed by atoms with Crippen molar-refractivity contribution in [1.29, 1.82) is 0 Å². The van der Waals surface area contributed by atoms with Crippen LogP contribution in [-0.2, 0) is 4.57 Å². The van der Waals surface area contributed by atoms with E-state index in [1.54, 1.807) is 0 Å². The zero-order chi connectivity index (χ0) is 8.08. The Hall–Kier alpha value is 0.146. The van der Waals surface area contributed by atoms with Crippen LogP contribution in [0.1, 0.15) is 2.85 Å². The summed E-state index contributed by atoms with van der Waals surface area (Å²) >= 11 is 0. The molecule has 2 amide bonds. The monoisotopic (exact) mass is 184 g/mol. The average molecular weight is 184 g/mol. The van der Waals surface area contributed by atoms with Gasteiger partial charge in [-0.05, 0) is 0 Å². The summed E-state index contributed by atoms with van der Waals surface area (Å²) in [6.45, 7) is 0. The summed E-state index contributed by atoms with van der Waals surface area (Å²) in [5.74, 6) is 0. The molecule has 9 heteroatoms. The minimum Gasteiger partial charge on any atom is -1.00 e. The zero-order valence-electron chi connectivity index (χ0n) is 6.97. The molecule has 0 aliphatic rings. The van der Waals surface area contributed by atoms with Crippen molar-refractivity contribution in [3.63, 3.8) is 0 Å². The Morgan fingerprint density at radius 3 is 1.30 bits per heavy atom. The molecule has 60 valence electrons. The molecular formula is CH9MgN2O5P. The van der Waals surface area contributed by atoms with Gasteiger partial charge in [-0.25, -0.2) is 9.36 Å². The van der Waals surface area contributed by atoms with E-state index in [1.165, 1.54) is 0 Å². The van der Waals surface area contributed by atoms with Crippen LogP contribution in [0.5, 0.6) is 0 Å². The molecule has 0 unspecified atom stereocenters. The van der Waals surface area contributed by atoms with E-state index in [0.717, 1.165) is 0 Å². The molecule has 0 rings (SSSR count). The summed E-state index contributed by atoms with van der Waals surface area (Å²) in [7, 11) is -4.64. The molecule has 0 saturated heterocycles. The first-order valence-corrected chi connectivity index (χ1v) is 3.13. The summed E-state index contributed by atoms with van der Waals surface area (Å²) in [6.07, 6.45) is 0. The third-order valence-corrected chi connectivity index (χ3v) is 0. The number of carbonyl (C=O) groups excluding carboxylic acids is 1. The van der Waals surface area contributed by atoms with Crippen LogP contribution in [0, 0.1) is 0 Å². The largest absolute Gasteiger partial charge is 2.00 e. The van der Waals surface area contributed by atoms with Gasteiger partial charge in [-0.1, -0.05) is 0 Å². The van der Waals surface area contributed by atoms with Crippen LogP contribution in [0.4, 0.5) is 4.79 Å². The number of rotatable bonds is 0. The van der Waals surface area contributed by atoms with Crippen LogP contribution >= 0.6 is 7.82 Å². The van der Waals surface area contributed by atoms with E-state index in [1.807, 2.05) is 0 Å². The van der Waals surface area contributed by atoms with Gasteiger partial charge in [0.1, 0.15) is 0 Å². The number of nitrogens with two attached hydrogens (primary N) is 2. The second-order valence-corrected chi connectivity index (χ2v) is 1.94. The van der Waals surface area contributed by atoms with E-state index in [2.05, 4.69) is 11.5 Å². The van der Waals surface area contributed by atoms with Crippen molar-refractivity contribution in [2.24, 2.45) is 11.5 Å². The van der Waals surface area contributed by atoms with Gasteiger partial charge in [-0.3, -0.25) is 0 Å². The predicted octanol–water partition coefficient (Wildman–Crippen LogP) is -2.06. The quantitative estimate of drug-likeness (QED) is 0.217. The van der Waals surface area contributed by atoms with E-state index < -0.39 is 13.9 Å². The number of phosphoric acid groups is 1. The smallest absolute Gasteiger partial charge is 1.00 e. The van der Waals surface area contributed by atoms with Gasteiger partial charge in [0.2, 0.25) is 0 Å². The Bertz CT molecular complexity index is 127. The second kappa shape index (κ2) is 7.26. The average Bonchev–Trinajstić information content (AvgIpc) is 1.19. The first kappa shape index (κ1) is 16.6. The van der Waals surface area contributed by atoms with E-state index in [4.69, 9.17) is 24.0 Å². The van der Waals surface area contributed by atoms with Gasteiger partial charge in [0, 0.05) is 0 Å². The van der Waals surface area contributed by atoms with Crippen LogP contribution in [0.25, 0.3) is 0 Å². The van der Waals surface area contributed by atoms with Gasteiger partial charge in [-0.2, -0.15) is 0 Å². The number of hydrogen-bond acceptors (Lipinski definition) is 2. The van der Waals surface area contributed by atoms with Crippen molar-refractivity contribution in [3.05, 3.63) is 0 Å². The molecule has 0 aromatic heterocycles. The number of primary amides is 2. The SMILES string of the molecule is NC(N)=O.O=P(O)(O)O.[H-].[H-].[Mg+2]. The Morgan fingerprint density at radius 1 is 1.30 bits per heavy atom. The maximum atomic E-state index is 9.00. The van der Waals surface area contributed by atoms with Crippen LogP contribution < -0.4 is 11.5 Å². The molecule has 7 nitrogen and oxygen atoms in total. The molecule has 0 saturated carbocycles. The fraction of sp³-hybridized carbons (Fsp3) is 0. The Labute approximate surface area is 75.8 Å². The Balaban J connectivity index is -0.0000000221. The van der Waals surface area contributed by atoms with Crippen molar-refractivity contribution in [1.82, 2.24) is 0 Å². The molecule has 0 heterocycles. The minimum absolute atomic E-state index is 0. The van der Waals surface area contributed by atoms with E-state index >= 15 is 0 Å². The molecule has 0 aromatic carbocycles. The molecule has 0 radical (unpaired) electrons. The second-order valence-electron chi connectivity index (χ2n) is 0.916. The molecule has 0 aliphatic heterocycles. The molecule has 0 fully saturated rings. The Kier molecular flexibility index (Phi) is 12.1. The summed E-state index contributed by atoms with van der Waals surface area (Å²) in [5, 5.41) is 0. The molecule has 0 aliphatic carbocycles. The molecule has 0 spiro atoms. The number of hydrogen-bond donors (Lipinski definition) is 5. The van der Waals surface area contributed by atoms with Crippen molar-refractivity contribution in [3.8, 4) is 0 Å². The fourth-order valence-corrected chi connectivity index (χ4v) is 0. The maximum Gasteiger partial charge on any atom is 2.00 e. The topological polar surface area (TPSA) is 147 Å². The van der Waals surface area contributed by atoms with Crippen molar-refractivity contribution >= 4 is 36.9 Å². The van der Waals surface area contributed by atoms with E-state index in [-0.39, 0.29) is 25.9 Å². The first-order chi connectivity index (χ1) is 3.73. The number of urea groups is 1. The summed E-state index contributed by atoms with van der Waals surface area (Å²) in [5.41, 5.74) is 8.50. The molecule has 0 bridgehead atoms. The summed E-state index contributed by atoms with van der Waals surface area (Å²) in [4.78, 5) is 30.6. The van der Waals surface area contributed by atoms with Crippen LogP contribution in [0.3, 0.4) is 0 Å². The predicted molar refractivity (Wildman–Crippen MR) is 36.0 cm³/mol. The zero-order valence-corrected chi connectivity index (χ0v) is 7.28. The summed E-state index contributed by atoms with van der Waals surface area (Å²) in [6, 6.07) is -0.833. The van der Waals surface area contributed by atoms with Gasteiger partial charge in [0.05, 0.1) is 0 Å². The molecule has 0 atom stereocenters. The van der Waals surface area contributed by atoms with Gasteiger partial charge in [0.25, 0.3) is 0 Å². The molecular weight excluding hydrogens is 175 g/mol. The van der Waals surface area contributed by atoms with Gasteiger partial charge in [-0.15, -0.1) is 0 Å². The molecule has 7 N–H and O–H groups in total. The standard InChI is InChI=1S/CH4N2O.Mg.H3O4P.2H/c2-1(3)4;;1-5(2,3)4;;/h(H4,2,3,4);;(H3,1,2,3,4);;/q;+2;;2*-1. The van der Waals surface area contributed by atoms with Crippen molar-refractivity contribution in [2.75, 3.05) is 0 Å². The van der Waals surface area contributed by atoms with Gasteiger partial charge in [0.15, 0.2) is 0 Å². The fourth-order valence-electron chi connectivity index (χ4n) is 0. The van der Waals surface area contributed by atoms with Crippen molar-refractivity contribution in [2.45, 2.75) is 0 Å². The van der Waals surface area contributed by atoms with E-state index in [9.17, 15) is 0 Å². The third-order valence-electron chi connectivity index (χ3n) is 0. The van der Waals surface area contributed by atoms with E-state index in [0.29, 0.717) is 0 Å². The number of amides is 2. The molecule has 10 heavy (non-hydrogen) atoms. The normalized spacial score (nSPS) is 8.30. The third kappa shape index (κ3) is 19500. The summed E-state index contributed by atoms with van der Waals surface area (Å²) < 4.78 is 8.88. The van der Waals surface area contributed by atoms with Gasteiger partial charge < -0.3 is 29.0 Å². The van der Waals surface area contributed by atoms with Crippen LogP contribution in [-0.4, -0.2) is 43.8 Å². The molecule has 0 aromatic rings.